The lowest BCUT2D eigenvalue weighted by atomic mass is 9.72. The fourth-order valence-electron chi connectivity index (χ4n) is 5.83. The van der Waals surface area contributed by atoms with E-state index in [-0.39, 0.29) is 11.2 Å². The van der Waals surface area contributed by atoms with Gasteiger partial charge in [-0.25, -0.2) is 4.39 Å². The first-order valence-electron chi connectivity index (χ1n) is 11.7. The van der Waals surface area contributed by atoms with Crippen molar-refractivity contribution in [3.05, 3.63) is 64.2 Å². The normalized spacial score (nSPS) is 20.7. The Kier molecular flexibility index (Phi) is 4.27. The van der Waals surface area contributed by atoms with Gasteiger partial charge in [-0.05, 0) is 54.8 Å². The molecular weight excluding hydrogens is 453 g/mol. The molecule has 0 unspecified atom stereocenters. The molecule has 172 valence electrons. The molecule has 3 aliphatic heterocycles. The second-order valence-electron chi connectivity index (χ2n) is 10.1. The van der Waals surface area contributed by atoms with Gasteiger partial charge in [-0.15, -0.1) is 10.2 Å². The van der Waals surface area contributed by atoms with Crippen LogP contribution in [0.1, 0.15) is 29.8 Å². The van der Waals surface area contributed by atoms with Crippen LogP contribution in [0.25, 0.3) is 5.69 Å². The molecule has 3 aromatic rings. The molecular formula is C25H23ClFN7. The van der Waals surface area contributed by atoms with E-state index in [1.165, 1.54) is 30.5 Å². The van der Waals surface area contributed by atoms with Crippen molar-refractivity contribution >= 4 is 23.2 Å². The van der Waals surface area contributed by atoms with Crippen molar-refractivity contribution in [2.45, 2.75) is 32.0 Å². The Hall–Kier alpha value is -3.15. The van der Waals surface area contributed by atoms with E-state index in [1.807, 2.05) is 6.07 Å². The Labute approximate surface area is 202 Å². The van der Waals surface area contributed by atoms with Gasteiger partial charge >= 0.3 is 0 Å². The van der Waals surface area contributed by atoms with E-state index in [4.69, 9.17) is 11.6 Å². The molecule has 4 heterocycles. The Morgan fingerprint density at radius 3 is 2.50 bits per heavy atom. The van der Waals surface area contributed by atoms with Crippen molar-refractivity contribution in [2.24, 2.45) is 5.41 Å². The van der Waals surface area contributed by atoms with Crippen LogP contribution in [-0.2, 0) is 13.1 Å². The molecule has 0 atom stereocenters. The Morgan fingerprint density at radius 2 is 1.74 bits per heavy atom. The molecule has 4 aliphatic rings. The van der Waals surface area contributed by atoms with Crippen molar-refractivity contribution in [2.75, 3.05) is 36.0 Å². The van der Waals surface area contributed by atoms with E-state index in [9.17, 15) is 9.65 Å². The topological polar surface area (TPSA) is 64.2 Å². The fraction of sp³-hybridized carbons (Fsp3) is 0.400. The van der Waals surface area contributed by atoms with Crippen LogP contribution in [-0.4, -0.2) is 51.9 Å². The lowest BCUT2D eigenvalue weighted by molar-refractivity contribution is 0.154. The summed E-state index contributed by atoms with van der Waals surface area (Å²) in [6.45, 7) is 5.15. The number of nitriles is 1. The molecule has 1 aromatic heterocycles. The standard InChI is InChI=1S/C25H23ClFN7/c26-18-1-5-22-17(7-18)10-31(20-3-4-20)11-23-29-30-24(34(22)23)33-14-25(15-33)12-32(13-25)21-6-2-19(27)8-16(21)9-28/h1-2,5-8,20H,3-4,10-15H2. The Bertz CT molecular complexity index is 1340. The molecule has 0 amide bonds. The number of nitrogens with zero attached hydrogens (tertiary/aromatic N) is 7. The van der Waals surface area contributed by atoms with E-state index in [2.05, 4.69) is 47.7 Å². The third-order valence-corrected chi connectivity index (χ3v) is 7.82. The number of halogens is 2. The Balaban J connectivity index is 1.14. The average Bonchev–Trinajstić information content (AvgIpc) is 3.56. The first-order chi connectivity index (χ1) is 16.5. The highest BCUT2D eigenvalue weighted by Crippen LogP contribution is 2.45. The quantitative estimate of drug-likeness (QED) is 0.575. The molecule has 7 rings (SSSR count). The summed E-state index contributed by atoms with van der Waals surface area (Å²) in [5.41, 5.74) is 3.70. The maximum absolute atomic E-state index is 13.5. The van der Waals surface area contributed by atoms with Gasteiger partial charge in [0, 0.05) is 49.2 Å². The van der Waals surface area contributed by atoms with Crippen LogP contribution < -0.4 is 9.80 Å². The van der Waals surface area contributed by atoms with E-state index in [1.54, 1.807) is 6.07 Å². The number of rotatable bonds is 3. The van der Waals surface area contributed by atoms with Crippen LogP contribution in [0.15, 0.2) is 36.4 Å². The first kappa shape index (κ1) is 20.2. The summed E-state index contributed by atoms with van der Waals surface area (Å²) in [5.74, 6) is 1.49. The Morgan fingerprint density at radius 1 is 0.971 bits per heavy atom. The number of benzene rings is 2. The molecule has 1 aliphatic carbocycles. The fourth-order valence-corrected chi connectivity index (χ4v) is 6.02. The molecule has 2 aromatic carbocycles. The lowest BCUT2D eigenvalue weighted by Crippen LogP contribution is -2.73. The van der Waals surface area contributed by atoms with Crippen molar-refractivity contribution in [3.63, 3.8) is 0 Å². The molecule has 34 heavy (non-hydrogen) atoms. The summed E-state index contributed by atoms with van der Waals surface area (Å²) in [5, 5.41) is 19.4. The minimum atomic E-state index is -0.375. The second kappa shape index (κ2) is 7.17. The van der Waals surface area contributed by atoms with Crippen LogP contribution in [0.2, 0.25) is 5.02 Å². The number of hydrogen-bond acceptors (Lipinski definition) is 6. The molecule has 9 heteroatoms. The van der Waals surface area contributed by atoms with Crippen LogP contribution in [0.4, 0.5) is 16.0 Å². The van der Waals surface area contributed by atoms with Crippen molar-refractivity contribution in [1.29, 1.82) is 5.26 Å². The number of anilines is 2. The zero-order chi connectivity index (χ0) is 23.0. The highest BCUT2D eigenvalue weighted by molar-refractivity contribution is 6.30. The van der Waals surface area contributed by atoms with Gasteiger partial charge in [0.1, 0.15) is 11.9 Å². The van der Waals surface area contributed by atoms with Gasteiger partial charge in [-0.1, -0.05) is 11.6 Å². The summed E-state index contributed by atoms with van der Waals surface area (Å²) in [7, 11) is 0. The van der Waals surface area contributed by atoms with Gasteiger partial charge in [0.25, 0.3) is 0 Å². The maximum atomic E-state index is 13.5. The summed E-state index contributed by atoms with van der Waals surface area (Å²) in [6, 6.07) is 13.3. The largest absolute Gasteiger partial charge is 0.369 e. The monoisotopic (exact) mass is 475 g/mol. The van der Waals surface area contributed by atoms with E-state index in [0.29, 0.717) is 11.6 Å². The highest BCUT2D eigenvalue weighted by atomic mass is 35.5. The molecule has 1 spiro atoms. The van der Waals surface area contributed by atoms with Gasteiger partial charge in [0.05, 0.1) is 23.5 Å². The SMILES string of the molecule is N#Cc1cc(F)ccc1N1CC2(C1)CN(c1nnc3n1-c1ccc(Cl)cc1CN(C1CC1)C3)C2. The molecule has 3 fully saturated rings. The van der Waals surface area contributed by atoms with Gasteiger partial charge in [0.15, 0.2) is 5.82 Å². The summed E-state index contributed by atoms with van der Waals surface area (Å²) in [4.78, 5) is 6.96. The van der Waals surface area contributed by atoms with Crippen molar-refractivity contribution < 1.29 is 4.39 Å². The minimum absolute atomic E-state index is 0.168. The molecule has 0 bridgehead atoms. The smallest absolute Gasteiger partial charge is 0.231 e. The van der Waals surface area contributed by atoms with E-state index < -0.39 is 0 Å². The van der Waals surface area contributed by atoms with Crippen LogP contribution in [0.5, 0.6) is 0 Å². The summed E-state index contributed by atoms with van der Waals surface area (Å²) in [6.07, 6.45) is 2.48. The zero-order valence-electron chi connectivity index (χ0n) is 18.6. The minimum Gasteiger partial charge on any atom is -0.369 e. The number of fused-ring (bicyclic) bond motifs is 3. The molecule has 2 saturated heterocycles. The maximum Gasteiger partial charge on any atom is 0.231 e. The van der Waals surface area contributed by atoms with Crippen LogP contribution in [0, 0.1) is 22.6 Å². The van der Waals surface area contributed by atoms with Gasteiger partial charge in [-0.2, -0.15) is 5.26 Å². The van der Waals surface area contributed by atoms with E-state index in [0.717, 1.165) is 67.4 Å². The molecule has 0 N–H and O–H groups in total. The molecule has 1 saturated carbocycles. The van der Waals surface area contributed by atoms with Crippen LogP contribution in [0.3, 0.4) is 0 Å². The molecule has 7 nitrogen and oxygen atoms in total. The predicted molar refractivity (Wildman–Crippen MR) is 127 cm³/mol. The predicted octanol–water partition coefficient (Wildman–Crippen LogP) is 3.74. The average molecular weight is 476 g/mol. The molecule has 0 radical (unpaired) electrons. The van der Waals surface area contributed by atoms with Gasteiger partial charge in [-0.3, -0.25) is 9.47 Å². The highest BCUT2D eigenvalue weighted by Gasteiger charge is 2.53. The first-order valence-corrected chi connectivity index (χ1v) is 12.1. The van der Waals surface area contributed by atoms with E-state index >= 15 is 0 Å². The zero-order valence-corrected chi connectivity index (χ0v) is 19.3. The van der Waals surface area contributed by atoms with Crippen molar-refractivity contribution in [3.8, 4) is 11.8 Å². The lowest BCUT2D eigenvalue weighted by Gasteiger charge is -2.61. The van der Waals surface area contributed by atoms with Crippen molar-refractivity contribution in [1.82, 2.24) is 19.7 Å². The van der Waals surface area contributed by atoms with Gasteiger partial charge < -0.3 is 9.80 Å². The second-order valence-corrected chi connectivity index (χ2v) is 10.6. The van der Waals surface area contributed by atoms with Crippen LogP contribution >= 0.6 is 11.6 Å². The third-order valence-electron chi connectivity index (χ3n) is 7.58. The number of aromatic nitrogens is 3. The number of hydrogen-bond donors (Lipinski definition) is 0. The summed E-state index contributed by atoms with van der Waals surface area (Å²) < 4.78 is 15.7. The van der Waals surface area contributed by atoms with Gasteiger partial charge in [0.2, 0.25) is 5.95 Å². The summed E-state index contributed by atoms with van der Waals surface area (Å²) >= 11 is 6.36. The third kappa shape index (κ3) is 3.11.